The molecule has 0 amide bonds. The zero-order valence-electron chi connectivity index (χ0n) is 8.16. The fraction of sp³-hybridized carbons (Fsp3) is 0.455. The van der Waals surface area contributed by atoms with Gasteiger partial charge in [0.2, 0.25) is 0 Å². The van der Waals surface area contributed by atoms with Gasteiger partial charge in [-0.15, -0.1) is 0 Å². The van der Waals surface area contributed by atoms with Gasteiger partial charge in [-0.05, 0) is 24.6 Å². The fourth-order valence-electron chi connectivity index (χ4n) is 1.70. The van der Waals surface area contributed by atoms with Gasteiger partial charge in [0.25, 0.3) is 0 Å². The monoisotopic (exact) mass is 195 g/mol. The third kappa shape index (κ3) is 2.11. The summed E-state index contributed by atoms with van der Waals surface area (Å²) in [5.41, 5.74) is 0.907. The maximum Gasteiger partial charge on any atom is 0.123 e. The predicted molar refractivity (Wildman–Crippen MR) is 52.6 cm³/mol. The largest absolute Gasteiger partial charge is 0.368 e. The topological polar surface area (TPSA) is 21.3 Å². The molecule has 76 valence electrons. The van der Waals surface area contributed by atoms with E-state index in [1.54, 1.807) is 6.07 Å². The fourth-order valence-corrected chi connectivity index (χ4v) is 1.70. The van der Waals surface area contributed by atoms with Crippen molar-refractivity contribution < 1.29 is 9.13 Å². The van der Waals surface area contributed by atoms with Crippen molar-refractivity contribution >= 4 is 0 Å². The van der Waals surface area contributed by atoms with Crippen LogP contribution >= 0.6 is 0 Å². The maximum absolute atomic E-state index is 12.9. The minimum absolute atomic E-state index is 0.0190. The lowest BCUT2D eigenvalue weighted by atomic mass is 10.1. The van der Waals surface area contributed by atoms with E-state index in [-0.39, 0.29) is 18.0 Å². The molecule has 0 radical (unpaired) electrons. The average molecular weight is 195 g/mol. The molecule has 14 heavy (non-hydrogen) atoms. The Kier molecular flexibility index (Phi) is 2.79. The van der Waals surface area contributed by atoms with E-state index in [4.69, 9.17) is 4.74 Å². The van der Waals surface area contributed by atoms with E-state index in [1.807, 2.05) is 13.0 Å². The van der Waals surface area contributed by atoms with Crippen LogP contribution in [0.4, 0.5) is 4.39 Å². The Morgan fingerprint density at radius 1 is 1.43 bits per heavy atom. The molecule has 2 atom stereocenters. The van der Waals surface area contributed by atoms with Gasteiger partial charge in [0.05, 0.1) is 12.2 Å². The summed E-state index contributed by atoms with van der Waals surface area (Å²) in [5, 5.41) is 3.26. The summed E-state index contributed by atoms with van der Waals surface area (Å²) in [6.45, 7) is 3.64. The van der Waals surface area contributed by atoms with Crippen LogP contribution in [0.1, 0.15) is 18.6 Å². The van der Waals surface area contributed by atoms with Crippen LogP contribution in [0.15, 0.2) is 24.3 Å². The highest BCUT2D eigenvalue weighted by Crippen LogP contribution is 2.21. The summed E-state index contributed by atoms with van der Waals surface area (Å²) in [6.07, 6.45) is 0.173. The van der Waals surface area contributed by atoms with Crippen LogP contribution in [-0.4, -0.2) is 19.2 Å². The summed E-state index contributed by atoms with van der Waals surface area (Å²) in [5.74, 6) is -0.204. The smallest absolute Gasteiger partial charge is 0.123 e. The van der Waals surface area contributed by atoms with E-state index < -0.39 is 0 Å². The molecule has 1 aliphatic rings. The average Bonchev–Trinajstić information content (AvgIpc) is 2.18. The van der Waals surface area contributed by atoms with Gasteiger partial charge in [0.15, 0.2) is 0 Å². The van der Waals surface area contributed by atoms with Crippen molar-refractivity contribution in [2.45, 2.75) is 19.1 Å². The van der Waals surface area contributed by atoms with Crippen LogP contribution in [0.2, 0.25) is 0 Å². The molecule has 1 aromatic rings. The molecule has 3 heteroatoms. The van der Waals surface area contributed by atoms with Crippen LogP contribution in [0, 0.1) is 5.82 Å². The van der Waals surface area contributed by atoms with Crippen LogP contribution in [0.5, 0.6) is 0 Å². The molecular formula is C11H14FNO. The van der Waals surface area contributed by atoms with Gasteiger partial charge in [-0.1, -0.05) is 12.1 Å². The molecule has 0 saturated carbocycles. The van der Waals surface area contributed by atoms with E-state index >= 15 is 0 Å². The first-order valence-electron chi connectivity index (χ1n) is 4.87. The number of morpholine rings is 1. The maximum atomic E-state index is 12.9. The zero-order valence-corrected chi connectivity index (χ0v) is 8.16. The summed E-state index contributed by atoms with van der Waals surface area (Å²) < 4.78 is 18.6. The molecule has 1 heterocycles. The molecule has 0 unspecified atom stereocenters. The summed E-state index contributed by atoms with van der Waals surface area (Å²) in [4.78, 5) is 0. The lowest BCUT2D eigenvalue weighted by Crippen LogP contribution is -2.38. The van der Waals surface area contributed by atoms with Gasteiger partial charge in [-0.3, -0.25) is 0 Å². The first kappa shape index (κ1) is 9.62. The molecule has 0 aliphatic carbocycles. The first-order chi connectivity index (χ1) is 6.75. The van der Waals surface area contributed by atoms with Gasteiger partial charge in [-0.2, -0.15) is 0 Å². The summed E-state index contributed by atoms with van der Waals surface area (Å²) in [6, 6.07) is 6.59. The zero-order chi connectivity index (χ0) is 9.97. The Bertz CT molecular complexity index is 316. The number of ether oxygens (including phenoxy) is 1. The second-order valence-electron chi connectivity index (χ2n) is 3.65. The first-order valence-corrected chi connectivity index (χ1v) is 4.87. The third-order valence-electron chi connectivity index (χ3n) is 2.38. The van der Waals surface area contributed by atoms with Crippen molar-refractivity contribution in [3.63, 3.8) is 0 Å². The van der Waals surface area contributed by atoms with E-state index in [2.05, 4.69) is 5.32 Å². The van der Waals surface area contributed by atoms with Crippen molar-refractivity contribution in [1.82, 2.24) is 5.32 Å². The van der Waals surface area contributed by atoms with Crippen molar-refractivity contribution in [3.8, 4) is 0 Å². The number of halogens is 1. The molecular weight excluding hydrogens is 181 g/mol. The highest BCUT2D eigenvalue weighted by Gasteiger charge is 2.20. The highest BCUT2D eigenvalue weighted by atomic mass is 19.1. The molecule has 1 aliphatic heterocycles. The van der Waals surface area contributed by atoms with Crippen molar-refractivity contribution in [1.29, 1.82) is 0 Å². The lowest BCUT2D eigenvalue weighted by Gasteiger charge is -2.29. The molecule has 1 N–H and O–H groups in total. The molecule has 1 aromatic carbocycles. The Hall–Kier alpha value is -0.930. The number of rotatable bonds is 1. The van der Waals surface area contributed by atoms with Gasteiger partial charge in [0, 0.05) is 13.1 Å². The van der Waals surface area contributed by atoms with E-state index in [9.17, 15) is 4.39 Å². The molecule has 2 rings (SSSR count). The van der Waals surface area contributed by atoms with E-state index in [1.165, 1.54) is 12.1 Å². The van der Waals surface area contributed by atoms with E-state index in [0.717, 1.165) is 18.7 Å². The Labute approximate surface area is 83.1 Å². The summed E-state index contributed by atoms with van der Waals surface area (Å²) >= 11 is 0. The highest BCUT2D eigenvalue weighted by molar-refractivity contribution is 5.19. The number of hydrogen-bond donors (Lipinski definition) is 1. The van der Waals surface area contributed by atoms with Crippen molar-refractivity contribution in [2.24, 2.45) is 0 Å². The molecule has 0 aromatic heterocycles. The minimum Gasteiger partial charge on any atom is -0.368 e. The van der Waals surface area contributed by atoms with Crippen LogP contribution < -0.4 is 5.32 Å². The van der Waals surface area contributed by atoms with Crippen LogP contribution in [-0.2, 0) is 4.74 Å². The quantitative estimate of drug-likeness (QED) is 0.738. The van der Waals surface area contributed by atoms with Gasteiger partial charge < -0.3 is 10.1 Å². The predicted octanol–water partition coefficient (Wildman–Crippen LogP) is 1.88. The molecule has 1 saturated heterocycles. The van der Waals surface area contributed by atoms with Crippen LogP contribution in [0.25, 0.3) is 0 Å². The van der Waals surface area contributed by atoms with Crippen molar-refractivity contribution in [2.75, 3.05) is 13.1 Å². The number of hydrogen-bond acceptors (Lipinski definition) is 2. The molecule has 1 fully saturated rings. The Morgan fingerprint density at radius 3 is 3.00 bits per heavy atom. The second kappa shape index (κ2) is 4.07. The summed E-state index contributed by atoms with van der Waals surface area (Å²) in [7, 11) is 0. The van der Waals surface area contributed by atoms with Gasteiger partial charge >= 0.3 is 0 Å². The Balaban J connectivity index is 2.14. The second-order valence-corrected chi connectivity index (χ2v) is 3.65. The number of nitrogens with one attached hydrogen (secondary N) is 1. The third-order valence-corrected chi connectivity index (χ3v) is 2.38. The van der Waals surface area contributed by atoms with E-state index in [0.29, 0.717) is 0 Å². The van der Waals surface area contributed by atoms with Gasteiger partial charge in [-0.25, -0.2) is 4.39 Å². The molecule has 0 spiro atoms. The standard InChI is InChI=1S/C11H14FNO/c1-8-6-13-7-11(14-8)9-3-2-4-10(12)5-9/h2-5,8,11,13H,6-7H2,1H3/t8-,11+/m1/s1. The lowest BCUT2D eigenvalue weighted by molar-refractivity contribution is -0.0288. The molecule has 0 bridgehead atoms. The van der Waals surface area contributed by atoms with Gasteiger partial charge in [0.1, 0.15) is 5.82 Å². The number of benzene rings is 1. The normalized spacial score (nSPS) is 27.6. The minimum atomic E-state index is -0.204. The SMILES string of the molecule is C[C@@H]1CNC[C@@H](c2cccc(F)c2)O1. The van der Waals surface area contributed by atoms with Crippen molar-refractivity contribution in [3.05, 3.63) is 35.6 Å². The Morgan fingerprint density at radius 2 is 2.29 bits per heavy atom. The van der Waals surface area contributed by atoms with Crippen LogP contribution in [0.3, 0.4) is 0 Å². The molecule has 2 nitrogen and oxygen atoms in total.